The molecule has 1 aliphatic carbocycles. The molecule has 0 spiro atoms. The number of carbonyl (C=O) groups is 1. The summed E-state index contributed by atoms with van der Waals surface area (Å²) in [6.45, 7) is 0.279. The van der Waals surface area contributed by atoms with Gasteiger partial charge in [0.1, 0.15) is 0 Å². The van der Waals surface area contributed by atoms with Gasteiger partial charge in [-0.05, 0) is 30.9 Å². The lowest BCUT2D eigenvalue weighted by Crippen LogP contribution is -2.47. The molecule has 1 fully saturated rings. The van der Waals surface area contributed by atoms with Gasteiger partial charge in [-0.3, -0.25) is 4.79 Å². The van der Waals surface area contributed by atoms with Crippen LogP contribution in [0.5, 0.6) is 0 Å². The van der Waals surface area contributed by atoms with Crippen LogP contribution in [0.4, 0.5) is 0 Å². The molecule has 0 bridgehead atoms. The minimum absolute atomic E-state index is 0.279. The van der Waals surface area contributed by atoms with Crippen molar-refractivity contribution in [2.75, 3.05) is 6.54 Å². The molecule has 3 rings (SSSR count). The summed E-state index contributed by atoms with van der Waals surface area (Å²) in [6, 6.07) is 11.4. The summed E-state index contributed by atoms with van der Waals surface area (Å²) in [5.41, 5.74) is 0.979. The molecule has 4 heteroatoms. The van der Waals surface area contributed by atoms with Crippen molar-refractivity contribution in [2.45, 2.75) is 24.9 Å². The highest BCUT2D eigenvalue weighted by Crippen LogP contribution is 2.31. The largest absolute Gasteiger partial charge is 0.459 e. The van der Waals surface area contributed by atoms with E-state index in [1.165, 1.54) is 6.26 Å². The van der Waals surface area contributed by atoms with Crippen LogP contribution < -0.4 is 5.32 Å². The molecule has 0 saturated heterocycles. The maximum Gasteiger partial charge on any atom is 0.287 e. The van der Waals surface area contributed by atoms with Gasteiger partial charge in [0, 0.05) is 12.1 Å². The van der Waals surface area contributed by atoms with E-state index in [4.69, 9.17) is 4.42 Å². The van der Waals surface area contributed by atoms with E-state index >= 15 is 0 Å². The van der Waals surface area contributed by atoms with Crippen molar-refractivity contribution in [1.29, 1.82) is 0 Å². The monoisotopic (exact) mass is 271 g/mol. The van der Waals surface area contributed by atoms with Gasteiger partial charge in [-0.15, -0.1) is 0 Å². The Hall–Kier alpha value is -2.07. The molecule has 1 saturated carbocycles. The Bertz CT molecular complexity index is 599. The zero-order valence-corrected chi connectivity index (χ0v) is 11.1. The molecule has 0 atom stereocenters. The summed E-state index contributed by atoms with van der Waals surface area (Å²) in [5, 5.41) is 12.8. The third-order valence-corrected chi connectivity index (χ3v) is 3.82. The molecular weight excluding hydrogens is 254 g/mol. The van der Waals surface area contributed by atoms with Gasteiger partial charge in [-0.25, -0.2) is 0 Å². The quantitative estimate of drug-likeness (QED) is 0.898. The van der Waals surface area contributed by atoms with Gasteiger partial charge in [-0.2, -0.15) is 0 Å². The minimum atomic E-state index is -0.727. The van der Waals surface area contributed by atoms with Gasteiger partial charge in [0.15, 0.2) is 5.76 Å². The van der Waals surface area contributed by atoms with Gasteiger partial charge >= 0.3 is 0 Å². The van der Waals surface area contributed by atoms with Crippen molar-refractivity contribution >= 4 is 5.91 Å². The second-order valence-corrected chi connectivity index (χ2v) is 5.29. The topological polar surface area (TPSA) is 62.5 Å². The van der Waals surface area contributed by atoms with E-state index in [0.29, 0.717) is 5.76 Å². The van der Waals surface area contributed by atoms with E-state index in [2.05, 4.69) is 5.32 Å². The molecule has 1 aromatic heterocycles. The Kier molecular flexibility index (Phi) is 3.32. The summed E-state index contributed by atoms with van der Waals surface area (Å²) in [4.78, 5) is 12.2. The second kappa shape index (κ2) is 5.13. The SMILES string of the molecule is O=C(NCC1(O)CCC1)c1occc1-c1ccccc1. The first-order valence-corrected chi connectivity index (χ1v) is 6.81. The van der Waals surface area contributed by atoms with Gasteiger partial charge in [0.05, 0.1) is 11.9 Å². The predicted octanol–water partition coefficient (Wildman–Crippen LogP) is 2.59. The maximum absolute atomic E-state index is 12.2. The first kappa shape index (κ1) is 12.9. The van der Waals surface area contributed by atoms with E-state index in [0.717, 1.165) is 30.4 Å². The van der Waals surface area contributed by atoms with E-state index in [-0.39, 0.29) is 12.5 Å². The molecule has 1 aliphatic rings. The maximum atomic E-state index is 12.2. The van der Waals surface area contributed by atoms with Crippen molar-refractivity contribution < 1.29 is 14.3 Å². The number of benzene rings is 1. The summed E-state index contributed by atoms with van der Waals surface area (Å²) >= 11 is 0. The van der Waals surface area contributed by atoms with Gasteiger partial charge in [0.25, 0.3) is 5.91 Å². The molecule has 104 valence electrons. The highest BCUT2D eigenvalue weighted by molar-refractivity contribution is 5.98. The van der Waals surface area contributed by atoms with E-state index in [1.54, 1.807) is 6.07 Å². The van der Waals surface area contributed by atoms with E-state index in [1.807, 2.05) is 30.3 Å². The lowest BCUT2D eigenvalue weighted by atomic mass is 9.80. The predicted molar refractivity (Wildman–Crippen MR) is 75.3 cm³/mol. The van der Waals surface area contributed by atoms with Crippen LogP contribution in [-0.2, 0) is 0 Å². The fourth-order valence-electron chi connectivity index (χ4n) is 2.42. The van der Waals surface area contributed by atoms with Crippen LogP contribution in [0.2, 0.25) is 0 Å². The van der Waals surface area contributed by atoms with Crippen LogP contribution in [0.1, 0.15) is 29.8 Å². The van der Waals surface area contributed by atoms with E-state index < -0.39 is 5.60 Å². The van der Waals surface area contributed by atoms with Crippen LogP contribution in [0, 0.1) is 0 Å². The summed E-state index contributed by atoms with van der Waals surface area (Å²) < 4.78 is 5.30. The normalized spacial score (nSPS) is 16.4. The standard InChI is InChI=1S/C16H17NO3/c18-15(17-11-16(19)8-4-9-16)14-13(7-10-20-14)12-5-2-1-3-6-12/h1-3,5-7,10,19H,4,8-9,11H2,(H,17,18). The number of carbonyl (C=O) groups excluding carboxylic acids is 1. The Morgan fingerprint density at radius 2 is 2.00 bits per heavy atom. The highest BCUT2D eigenvalue weighted by Gasteiger charge is 2.35. The van der Waals surface area contributed by atoms with Crippen LogP contribution in [0.25, 0.3) is 11.1 Å². The van der Waals surface area contributed by atoms with E-state index in [9.17, 15) is 9.90 Å². The molecule has 2 N–H and O–H groups in total. The highest BCUT2D eigenvalue weighted by atomic mass is 16.3. The molecule has 4 nitrogen and oxygen atoms in total. The summed E-state index contributed by atoms with van der Waals surface area (Å²) in [7, 11) is 0. The van der Waals surface area contributed by atoms with Gasteiger partial charge < -0.3 is 14.8 Å². The van der Waals surface area contributed by atoms with Gasteiger partial charge in [-0.1, -0.05) is 30.3 Å². The van der Waals surface area contributed by atoms with Crippen molar-refractivity contribution in [3.63, 3.8) is 0 Å². The Morgan fingerprint density at radius 1 is 1.25 bits per heavy atom. The van der Waals surface area contributed by atoms with Crippen molar-refractivity contribution in [2.24, 2.45) is 0 Å². The minimum Gasteiger partial charge on any atom is -0.459 e. The molecule has 1 amide bonds. The molecule has 0 unspecified atom stereocenters. The average molecular weight is 271 g/mol. The molecule has 0 aliphatic heterocycles. The zero-order chi connectivity index (χ0) is 14.0. The Morgan fingerprint density at radius 3 is 2.65 bits per heavy atom. The molecule has 2 aromatic rings. The van der Waals surface area contributed by atoms with Crippen molar-refractivity contribution in [3.8, 4) is 11.1 Å². The van der Waals surface area contributed by atoms with Crippen LogP contribution in [-0.4, -0.2) is 23.2 Å². The second-order valence-electron chi connectivity index (χ2n) is 5.29. The zero-order valence-electron chi connectivity index (χ0n) is 11.1. The van der Waals surface area contributed by atoms with Crippen molar-refractivity contribution in [3.05, 3.63) is 48.4 Å². The number of hydrogen-bond donors (Lipinski definition) is 2. The summed E-state index contributed by atoms with van der Waals surface area (Å²) in [6.07, 6.45) is 4.02. The van der Waals surface area contributed by atoms with Crippen LogP contribution >= 0.6 is 0 Å². The lowest BCUT2D eigenvalue weighted by molar-refractivity contribution is -0.0301. The number of amides is 1. The molecule has 20 heavy (non-hydrogen) atoms. The Labute approximate surface area is 117 Å². The Balaban J connectivity index is 1.74. The summed E-state index contributed by atoms with van der Waals surface area (Å²) in [5.74, 6) is 0.00769. The third kappa shape index (κ3) is 2.47. The van der Waals surface area contributed by atoms with Crippen molar-refractivity contribution in [1.82, 2.24) is 5.32 Å². The molecule has 1 aromatic carbocycles. The number of rotatable bonds is 4. The molecule has 1 heterocycles. The smallest absolute Gasteiger partial charge is 0.287 e. The number of nitrogens with one attached hydrogen (secondary N) is 1. The fourth-order valence-corrected chi connectivity index (χ4v) is 2.42. The average Bonchev–Trinajstić information content (AvgIpc) is 2.93. The first-order chi connectivity index (χ1) is 9.68. The number of aliphatic hydroxyl groups is 1. The lowest BCUT2D eigenvalue weighted by Gasteiger charge is -2.36. The molecule has 0 radical (unpaired) electrons. The number of hydrogen-bond acceptors (Lipinski definition) is 3. The van der Waals surface area contributed by atoms with Gasteiger partial charge in [0.2, 0.25) is 0 Å². The van der Waals surface area contributed by atoms with Crippen LogP contribution in [0.3, 0.4) is 0 Å². The number of furan rings is 1. The fraction of sp³-hybridized carbons (Fsp3) is 0.312. The third-order valence-electron chi connectivity index (χ3n) is 3.82. The van der Waals surface area contributed by atoms with Crippen LogP contribution in [0.15, 0.2) is 47.1 Å². The first-order valence-electron chi connectivity index (χ1n) is 6.81. The molecular formula is C16H17NO3.